The summed E-state index contributed by atoms with van der Waals surface area (Å²) in [7, 11) is 0. The van der Waals surface area contributed by atoms with E-state index in [1.807, 2.05) is 13.8 Å². The van der Waals surface area contributed by atoms with Crippen LogP contribution in [0.5, 0.6) is 0 Å². The number of aliphatic carboxylic acids is 1. The van der Waals surface area contributed by atoms with Gasteiger partial charge in [-0.25, -0.2) is 0 Å². The molecule has 1 unspecified atom stereocenters. The van der Waals surface area contributed by atoms with Gasteiger partial charge in [-0.2, -0.15) is 0 Å². The molecule has 1 aliphatic rings. The smallest absolute Gasteiger partial charge is 0.309 e. The molecule has 1 saturated heterocycles. The van der Waals surface area contributed by atoms with Crippen molar-refractivity contribution >= 4 is 5.97 Å². The molecule has 88 valence electrons. The number of carboxylic acids is 1. The lowest BCUT2D eigenvalue weighted by Crippen LogP contribution is -2.36. The molecule has 3 heteroatoms. The molecule has 0 radical (unpaired) electrons. The van der Waals surface area contributed by atoms with E-state index in [1.54, 1.807) is 0 Å². The van der Waals surface area contributed by atoms with Crippen LogP contribution in [0.1, 0.15) is 46.0 Å². The highest BCUT2D eigenvalue weighted by molar-refractivity contribution is 5.73. The number of nitrogens with zero attached hydrogens (tertiary/aromatic N) is 1. The van der Waals surface area contributed by atoms with Crippen molar-refractivity contribution in [1.82, 2.24) is 4.90 Å². The highest BCUT2D eigenvalue weighted by Crippen LogP contribution is 2.26. The van der Waals surface area contributed by atoms with Crippen LogP contribution in [-0.4, -0.2) is 35.6 Å². The van der Waals surface area contributed by atoms with Crippen molar-refractivity contribution in [1.29, 1.82) is 0 Å². The molecule has 15 heavy (non-hydrogen) atoms. The fourth-order valence-corrected chi connectivity index (χ4v) is 2.02. The topological polar surface area (TPSA) is 40.5 Å². The van der Waals surface area contributed by atoms with Gasteiger partial charge in [-0.15, -0.1) is 0 Å². The van der Waals surface area contributed by atoms with E-state index in [-0.39, 0.29) is 0 Å². The summed E-state index contributed by atoms with van der Waals surface area (Å²) in [6.07, 6.45) is 5.38. The molecule has 1 atom stereocenters. The Kier molecular flexibility index (Phi) is 4.58. The van der Waals surface area contributed by atoms with Gasteiger partial charge < -0.3 is 10.0 Å². The van der Waals surface area contributed by atoms with Gasteiger partial charge in [-0.3, -0.25) is 4.79 Å². The molecular weight excluding hydrogens is 190 g/mol. The van der Waals surface area contributed by atoms with Crippen molar-refractivity contribution in [3.63, 3.8) is 0 Å². The molecule has 0 aliphatic carbocycles. The lowest BCUT2D eigenvalue weighted by atomic mass is 9.84. The second-order valence-electron chi connectivity index (χ2n) is 4.87. The summed E-state index contributed by atoms with van der Waals surface area (Å²) < 4.78 is 0. The largest absolute Gasteiger partial charge is 0.481 e. The van der Waals surface area contributed by atoms with E-state index in [2.05, 4.69) is 4.90 Å². The van der Waals surface area contributed by atoms with Crippen molar-refractivity contribution < 1.29 is 9.90 Å². The second-order valence-corrected chi connectivity index (χ2v) is 4.87. The zero-order chi connectivity index (χ0) is 11.3. The van der Waals surface area contributed by atoms with Crippen LogP contribution in [0.3, 0.4) is 0 Å². The lowest BCUT2D eigenvalue weighted by Gasteiger charge is -2.30. The number of carboxylic acid groups (broad SMARTS) is 1. The Balaban J connectivity index is 2.36. The lowest BCUT2D eigenvalue weighted by molar-refractivity contribution is -0.148. The van der Waals surface area contributed by atoms with E-state index >= 15 is 0 Å². The van der Waals surface area contributed by atoms with Crippen LogP contribution in [0.4, 0.5) is 0 Å². The fourth-order valence-electron chi connectivity index (χ4n) is 2.02. The van der Waals surface area contributed by atoms with Gasteiger partial charge in [0.05, 0.1) is 5.41 Å². The Morgan fingerprint density at radius 2 is 1.93 bits per heavy atom. The standard InChI is InChI=1S/C12H23NO2/c1-3-12(2,11(14)15)7-10-13-8-5-4-6-9-13/h3-10H2,1-2H3,(H,14,15). The Hall–Kier alpha value is -0.570. The molecule has 3 nitrogen and oxygen atoms in total. The first kappa shape index (κ1) is 12.5. The van der Waals surface area contributed by atoms with Crippen molar-refractivity contribution in [2.75, 3.05) is 19.6 Å². The Labute approximate surface area is 92.5 Å². The van der Waals surface area contributed by atoms with Gasteiger partial charge in [0.15, 0.2) is 0 Å². The third-order valence-corrected chi connectivity index (χ3v) is 3.73. The van der Waals surface area contributed by atoms with Crippen LogP contribution in [-0.2, 0) is 4.79 Å². The van der Waals surface area contributed by atoms with Gasteiger partial charge in [-0.1, -0.05) is 13.3 Å². The Morgan fingerprint density at radius 1 is 1.33 bits per heavy atom. The summed E-state index contributed by atoms with van der Waals surface area (Å²) in [4.78, 5) is 13.5. The van der Waals surface area contributed by atoms with Crippen LogP contribution in [0.25, 0.3) is 0 Å². The number of carbonyl (C=O) groups is 1. The zero-order valence-corrected chi connectivity index (χ0v) is 9.96. The van der Waals surface area contributed by atoms with Crippen LogP contribution in [0.15, 0.2) is 0 Å². The third-order valence-electron chi connectivity index (χ3n) is 3.73. The SMILES string of the molecule is CCC(C)(CCN1CCCCC1)C(=O)O. The number of likely N-dealkylation sites (tertiary alicyclic amines) is 1. The summed E-state index contributed by atoms with van der Waals surface area (Å²) in [6, 6.07) is 0. The Bertz CT molecular complexity index is 212. The van der Waals surface area contributed by atoms with E-state index in [4.69, 9.17) is 5.11 Å². The molecule has 0 spiro atoms. The van der Waals surface area contributed by atoms with Crippen molar-refractivity contribution in [2.45, 2.75) is 46.0 Å². The van der Waals surface area contributed by atoms with Gasteiger partial charge in [0.1, 0.15) is 0 Å². The predicted octanol–water partition coefficient (Wildman–Crippen LogP) is 2.36. The van der Waals surface area contributed by atoms with Gasteiger partial charge in [0.2, 0.25) is 0 Å². The minimum absolute atomic E-state index is 0.530. The monoisotopic (exact) mass is 213 g/mol. The molecule has 0 amide bonds. The van der Waals surface area contributed by atoms with Crippen LogP contribution in [0, 0.1) is 5.41 Å². The summed E-state index contributed by atoms with van der Waals surface area (Å²) in [5.41, 5.74) is -0.530. The van der Waals surface area contributed by atoms with E-state index in [1.165, 1.54) is 19.3 Å². The van der Waals surface area contributed by atoms with Gasteiger partial charge in [0.25, 0.3) is 0 Å². The van der Waals surface area contributed by atoms with Crippen LogP contribution >= 0.6 is 0 Å². The third kappa shape index (κ3) is 3.49. The van der Waals surface area contributed by atoms with E-state index in [0.717, 1.165) is 32.5 Å². The molecule has 1 fully saturated rings. The fraction of sp³-hybridized carbons (Fsp3) is 0.917. The van der Waals surface area contributed by atoms with Crippen molar-refractivity contribution in [2.24, 2.45) is 5.41 Å². The minimum atomic E-state index is -0.651. The first-order chi connectivity index (χ1) is 7.08. The quantitative estimate of drug-likeness (QED) is 0.762. The number of hydrogen-bond donors (Lipinski definition) is 1. The number of hydrogen-bond acceptors (Lipinski definition) is 2. The first-order valence-electron chi connectivity index (χ1n) is 6.04. The van der Waals surface area contributed by atoms with Gasteiger partial charge >= 0.3 is 5.97 Å². The van der Waals surface area contributed by atoms with E-state index in [9.17, 15) is 4.79 Å². The molecular formula is C12H23NO2. The second kappa shape index (κ2) is 5.50. The number of rotatable bonds is 5. The average Bonchev–Trinajstić information content (AvgIpc) is 2.27. The molecule has 0 saturated carbocycles. The van der Waals surface area contributed by atoms with Crippen LogP contribution in [0.2, 0.25) is 0 Å². The molecule has 0 aromatic rings. The summed E-state index contributed by atoms with van der Waals surface area (Å²) >= 11 is 0. The molecule has 1 rings (SSSR count). The average molecular weight is 213 g/mol. The maximum atomic E-state index is 11.1. The minimum Gasteiger partial charge on any atom is -0.481 e. The summed E-state index contributed by atoms with van der Waals surface area (Å²) in [5, 5.41) is 9.14. The maximum absolute atomic E-state index is 11.1. The molecule has 1 aliphatic heterocycles. The predicted molar refractivity (Wildman–Crippen MR) is 60.9 cm³/mol. The Morgan fingerprint density at radius 3 is 2.40 bits per heavy atom. The summed E-state index contributed by atoms with van der Waals surface area (Å²) in [5.74, 6) is -0.651. The van der Waals surface area contributed by atoms with E-state index < -0.39 is 11.4 Å². The number of piperidine rings is 1. The molecule has 0 aromatic heterocycles. The highest BCUT2D eigenvalue weighted by atomic mass is 16.4. The maximum Gasteiger partial charge on any atom is 0.309 e. The molecule has 0 aromatic carbocycles. The molecule has 0 bridgehead atoms. The van der Waals surface area contributed by atoms with Gasteiger partial charge in [-0.05, 0) is 52.2 Å². The van der Waals surface area contributed by atoms with Crippen molar-refractivity contribution in [3.8, 4) is 0 Å². The normalized spacial score (nSPS) is 22.3. The van der Waals surface area contributed by atoms with Crippen LogP contribution < -0.4 is 0 Å². The molecule has 1 N–H and O–H groups in total. The zero-order valence-electron chi connectivity index (χ0n) is 9.96. The van der Waals surface area contributed by atoms with Gasteiger partial charge in [0, 0.05) is 0 Å². The first-order valence-corrected chi connectivity index (χ1v) is 6.04. The summed E-state index contributed by atoms with van der Waals surface area (Å²) in [6.45, 7) is 7.07. The van der Waals surface area contributed by atoms with Crippen molar-refractivity contribution in [3.05, 3.63) is 0 Å². The highest BCUT2D eigenvalue weighted by Gasteiger charge is 2.31. The molecule has 1 heterocycles. The van der Waals surface area contributed by atoms with E-state index in [0.29, 0.717) is 0 Å².